The summed E-state index contributed by atoms with van der Waals surface area (Å²) in [5.74, 6) is -0.643. The van der Waals surface area contributed by atoms with Crippen LogP contribution in [0, 0.1) is 12.1 Å². The lowest BCUT2D eigenvalue weighted by Crippen LogP contribution is -2.99. The van der Waals surface area contributed by atoms with Crippen molar-refractivity contribution in [3.63, 3.8) is 0 Å². The standard InChI is InChI=1S/C12H12ClN3O3/c1-6(17)3-10(18)15-9-4-8(13)12-11(7(9)2)14-5-16(12)19/h4-5,16H,3H2,1-2H3,(H,15,18). The Balaban J connectivity index is 2.34. The lowest BCUT2D eigenvalue weighted by molar-refractivity contribution is -0.655. The Morgan fingerprint density at radius 2 is 2.21 bits per heavy atom. The number of hydrogen-bond acceptors (Lipinski definition) is 4. The van der Waals surface area contributed by atoms with Crippen LogP contribution in [0.15, 0.2) is 11.1 Å². The van der Waals surface area contributed by atoms with Crippen LogP contribution in [0.1, 0.15) is 18.9 Å². The molecule has 0 bridgehead atoms. The summed E-state index contributed by atoms with van der Waals surface area (Å²) >= 11 is 6.01. The van der Waals surface area contributed by atoms with Gasteiger partial charge in [0, 0.05) is 11.3 Å². The number of hydrogen-bond donors (Lipinski definition) is 2. The minimum Gasteiger partial charge on any atom is -0.623 e. The lowest BCUT2D eigenvalue weighted by atomic mass is 10.1. The highest BCUT2D eigenvalue weighted by Gasteiger charge is 2.24. The predicted octanol–water partition coefficient (Wildman–Crippen LogP) is 1.25. The average molecular weight is 282 g/mol. The van der Waals surface area contributed by atoms with E-state index in [1.54, 1.807) is 6.92 Å². The van der Waals surface area contributed by atoms with Crippen LogP contribution in [0.5, 0.6) is 0 Å². The molecule has 2 N–H and O–H groups in total. The topological polar surface area (TPSA) is 86.0 Å². The van der Waals surface area contributed by atoms with Gasteiger partial charge in [-0.1, -0.05) is 11.6 Å². The van der Waals surface area contributed by atoms with E-state index >= 15 is 0 Å². The van der Waals surface area contributed by atoms with E-state index < -0.39 is 5.91 Å². The zero-order valence-electron chi connectivity index (χ0n) is 10.4. The first-order valence-corrected chi connectivity index (χ1v) is 5.98. The number of carbonyl (C=O) groups excluding carboxylic acids is 2. The van der Waals surface area contributed by atoms with Crippen LogP contribution in [0.25, 0.3) is 0 Å². The number of benzene rings is 1. The highest BCUT2D eigenvalue weighted by atomic mass is 35.5. The first-order chi connectivity index (χ1) is 8.90. The van der Waals surface area contributed by atoms with Gasteiger partial charge in [0.1, 0.15) is 16.5 Å². The number of nitrogens with zero attached hydrogens (tertiary/aromatic N) is 1. The first kappa shape index (κ1) is 13.7. The molecule has 1 amide bonds. The monoisotopic (exact) mass is 281 g/mol. The molecule has 0 saturated heterocycles. The molecule has 6 nitrogen and oxygen atoms in total. The van der Waals surface area contributed by atoms with Crippen molar-refractivity contribution in [1.82, 2.24) is 0 Å². The highest BCUT2D eigenvalue weighted by molar-refractivity contribution is 6.34. The molecule has 1 heterocycles. The number of nitrogens with one attached hydrogen (secondary N) is 2. The molecule has 0 radical (unpaired) electrons. The van der Waals surface area contributed by atoms with Crippen molar-refractivity contribution in [2.24, 2.45) is 4.99 Å². The number of carbonyl (C=O) groups is 2. The summed E-state index contributed by atoms with van der Waals surface area (Å²) in [5.41, 5.74) is 1.93. The molecule has 1 aliphatic rings. The van der Waals surface area contributed by atoms with Gasteiger partial charge in [-0.3, -0.25) is 14.7 Å². The first-order valence-electron chi connectivity index (χ1n) is 5.61. The van der Waals surface area contributed by atoms with Gasteiger partial charge in [0.15, 0.2) is 12.0 Å². The Bertz CT molecular complexity index is 598. The molecule has 1 aliphatic heterocycles. The van der Waals surface area contributed by atoms with E-state index in [1.165, 1.54) is 19.3 Å². The van der Waals surface area contributed by atoms with Gasteiger partial charge in [-0.2, -0.15) is 4.99 Å². The molecular formula is C12H12ClN3O3. The zero-order chi connectivity index (χ0) is 14.2. The van der Waals surface area contributed by atoms with Crippen LogP contribution in [0.3, 0.4) is 0 Å². The predicted molar refractivity (Wildman–Crippen MR) is 72.3 cm³/mol. The Kier molecular flexibility index (Phi) is 3.66. The quantitative estimate of drug-likeness (QED) is 0.646. The molecule has 1 atom stereocenters. The Labute approximate surface area is 114 Å². The molecule has 2 rings (SSSR count). The van der Waals surface area contributed by atoms with Crippen molar-refractivity contribution >= 4 is 46.7 Å². The Morgan fingerprint density at radius 3 is 2.84 bits per heavy atom. The summed E-state index contributed by atoms with van der Waals surface area (Å²) in [6, 6.07) is 1.50. The van der Waals surface area contributed by atoms with Gasteiger partial charge in [-0.25, -0.2) is 0 Å². The molecule has 0 fully saturated rings. The Morgan fingerprint density at radius 1 is 1.53 bits per heavy atom. The summed E-state index contributed by atoms with van der Waals surface area (Å²) in [6.45, 7) is 3.07. The van der Waals surface area contributed by atoms with Gasteiger partial charge in [0.05, 0.1) is 6.42 Å². The second-order valence-electron chi connectivity index (χ2n) is 4.30. The van der Waals surface area contributed by atoms with Gasteiger partial charge in [0.25, 0.3) is 0 Å². The molecule has 1 unspecified atom stereocenters. The number of Topliss-reactive ketones (excluding diaryl/α,β-unsaturated/α-hetero) is 1. The van der Waals surface area contributed by atoms with Gasteiger partial charge in [-0.15, -0.1) is 0 Å². The van der Waals surface area contributed by atoms with E-state index in [0.717, 1.165) is 0 Å². The maximum absolute atomic E-state index is 11.6. The smallest absolute Gasteiger partial charge is 0.231 e. The third-order valence-electron chi connectivity index (χ3n) is 2.75. The largest absolute Gasteiger partial charge is 0.623 e. The molecule has 7 heteroatoms. The van der Waals surface area contributed by atoms with Crippen molar-refractivity contribution < 1.29 is 14.7 Å². The number of hydroxylamine groups is 1. The molecule has 0 aromatic heterocycles. The summed E-state index contributed by atoms with van der Waals surface area (Å²) in [5, 5.41) is 14.1. The normalized spacial score (nSPS) is 16.3. The lowest BCUT2D eigenvalue weighted by Gasteiger charge is -2.16. The number of fused-ring (bicyclic) bond motifs is 1. The molecule has 19 heavy (non-hydrogen) atoms. The van der Waals surface area contributed by atoms with E-state index in [1.807, 2.05) is 0 Å². The summed E-state index contributed by atoms with van der Waals surface area (Å²) in [7, 11) is 0. The number of halogens is 1. The van der Waals surface area contributed by atoms with Crippen LogP contribution >= 0.6 is 11.6 Å². The SMILES string of the molecule is CC(=O)CC(=O)Nc1cc(Cl)c2c(c1C)N=C[NH+]2[O-]. The minimum absolute atomic E-state index is 0.198. The number of ketones is 1. The zero-order valence-corrected chi connectivity index (χ0v) is 11.2. The maximum Gasteiger partial charge on any atom is 0.231 e. The average Bonchev–Trinajstić information content (AvgIpc) is 2.67. The van der Waals surface area contributed by atoms with Crippen molar-refractivity contribution in [3.8, 4) is 0 Å². The van der Waals surface area contributed by atoms with E-state index in [0.29, 0.717) is 22.6 Å². The molecule has 0 spiro atoms. The molecule has 1 aromatic carbocycles. The van der Waals surface area contributed by atoms with E-state index in [4.69, 9.17) is 11.6 Å². The second kappa shape index (κ2) is 5.08. The van der Waals surface area contributed by atoms with Crippen LogP contribution < -0.4 is 10.4 Å². The number of aliphatic imine (C=N–C) groups is 1. The third kappa shape index (κ3) is 2.65. The van der Waals surface area contributed by atoms with Crippen LogP contribution in [-0.4, -0.2) is 18.0 Å². The van der Waals surface area contributed by atoms with E-state index in [2.05, 4.69) is 10.3 Å². The number of quaternary nitrogens is 1. The van der Waals surface area contributed by atoms with Crippen LogP contribution in [-0.2, 0) is 9.59 Å². The van der Waals surface area contributed by atoms with Crippen molar-refractivity contribution in [2.75, 3.05) is 5.32 Å². The molecular weight excluding hydrogens is 270 g/mol. The molecule has 1 aromatic rings. The fraction of sp³-hybridized carbons (Fsp3) is 0.250. The summed E-state index contributed by atoms with van der Waals surface area (Å²) < 4.78 is 0. The summed E-state index contributed by atoms with van der Waals surface area (Å²) in [6.07, 6.45) is 1.00. The number of anilines is 1. The fourth-order valence-electron chi connectivity index (χ4n) is 1.87. The second-order valence-corrected chi connectivity index (χ2v) is 4.71. The van der Waals surface area contributed by atoms with Gasteiger partial charge in [-0.05, 0) is 19.9 Å². The van der Waals surface area contributed by atoms with E-state index in [-0.39, 0.29) is 22.3 Å². The van der Waals surface area contributed by atoms with Crippen molar-refractivity contribution in [2.45, 2.75) is 20.3 Å². The minimum atomic E-state index is -0.417. The number of amides is 1. The fourth-order valence-corrected chi connectivity index (χ4v) is 2.16. The van der Waals surface area contributed by atoms with Gasteiger partial charge in [0.2, 0.25) is 5.91 Å². The highest BCUT2D eigenvalue weighted by Crippen LogP contribution is 2.39. The van der Waals surface area contributed by atoms with Crippen LogP contribution in [0.4, 0.5) is 17.1 Å². The van der Waals surface area contributed by atoms with Crippen molar-refractivity contribution in [1.29, 1.82) is 0 Å². The maximum atomic E-state index is 11.6. The molecule has 0 aliphatic carbocycles. The van der Waals surface area contributed by atoms with Gasteiger partial charge < -0.3 is 10.5 Å². The number of rotatable bonds is 3. The van der Waals surface area contributed by atoms with Crippen LogP contribution in [0.2, 0.25) is 5.02 Å². The van der Waals surface area contributed by atoms with E-state index in [9.17, 15) is 14.8 Å². The van der Waals surface area contributed by atoms with Gasteiger partial charge >= 0.3 is 0 Å². The van der Waals surface area contributed by atoms with Crippen molar-refractivity contribution in [3.05, 3.63) is 21.9 Å². The Hall–Kier alpha value is -1.76. The third-order valence-corrected chi connectivity index (χ3v) is 3.04. The molecule has 0 saturated carbocycles. The summed E-state index contributed by atoms with van der Waals surface area (Å²) in [4.78, 5) is 26.4. The molecule has 100 valence electrons.